The molecule has 0 atom stereocenters. The lowest BCUT2D eigenvalue weighted by molar-refractivity contribution is 0.0950. The van der Waals surface area contributed by atoms with E-state index in [0.29, 0.717) is 29.5 Å². The highest BCUT2D eigenvalue weighted by atomic mass is 79.9. The Morgan fingerprint density at radius 2 is 1.96 bits per heavy atom. The Morgan fingerprint density at radius 3 is 2.59 bits per heavy atom. The van der Waals surface area contributed by atoms with Gasteiger partial charge in [-0.1, -0.05) is 39.7 Å². The molecule has 0 unspecified atom stereocenters. The van der Waals surface area contributed by atoms with Crippen LogP contribution in [0.15, 0.2) is 53.0 Å². The Morgan fingerprint density at radius 1 is 1.22 bits per heavy atom. The molecule has 1 amide bonds. The van der Waals surface area contributed by atoms with Crippen LogP contribution in [0.4, 0.5) is 0 Å². The van der Waals surface area contributed by atoms with Crippen LogP contribution in [0, 0.1) is 6.92 Å². The number of carbonyl (C=O) groups is 1. The minimum atomic E-state index is -0.137. The molecule has 3 rings (SSSR count). The van der Waals surface area contributed by atoms with Crippen LogP contribution in [0.5, 0.6) is 5.75 Å². The summed E-state index contributed by atoms with van der Waals surface area (Å²) < 4.78 is 8.42. The van der Waals surface area contributed by atoms with E-state index in [9.17, 15) is 4.79 Å². The number of nitrogens with zero attached hydrogens (tertiary/aromatic N) is 2. The number of halogens is 2. The van der Waals surface area contributed by atoms with Gasteiger partial charge in [-0.05, 0) is 48.9 Å². The summed E-state index contributed by atoms with van der Waals surface area (Å²) in [5, 5.41) is 7.75. The van der Waals surface area contributed by atoms with Gasteiger partial charge in [0.1, 0.15) is 12.4 Å². The first kappa shape index (κ1) is 19.5. The molecule has 2 aromatic carbocycles. The van der Waals surface area contributed by atoms with Crippen LogP contribution in [-0.2, 0) is 20.2 Å². The van der Waals surface area contributed by atoms with Crippen molar-refractivity contribution in [2.45, 2.75) is 20.1 Å². The van der Waals surface area contributed by atoms with E-state index in [-0.39, 0.29) is 5.91 Å². The molecule has 0 aliphatic rings. The average Bonchev–Trinajstić information content (AvgIpc) is 2.97. The van der Waals surface area contributed by atoms with Gasteiger partial charge in [-0.2, -0.15) is 5.10 Å². The van der Waals surface area contributed by atoms with Crippen molar-refractivity contribution in [1.82, 2.24) is 15.1 Å². The summed E-state index contributed by atoms with van der Waals surface area (Å²) in [4.78, 5) is 12.3. The average molecular weight is 449 g/mol. The Labute approximate surface area is 171 Å². The fourth-order valence-corrected chi connectivity index (χ4v) is 3.23. The number of carbonyl (C=O) groups excluding carboxylic acids is 1. The standard InChI is InChI=1S/C20H19BrClN3O2/c1-13-9-17(24-25(13)2)11-23-20(26)15-5-3-14(4-6-15)12-27-19-8-7-16(21)10-18(19)22/h3-10H,11-12H2,1-2H3,(H,23,26). The number of aromatic nitrogens is 2. The molecule has 1 aromatic heterocycles. The number of hydrogen-bond acceptors (Lipinski definition) is 3. The molecule has 7 heteroatoms. The first-order valence-corrected chi connectivity index (χ1v) is 9.54. The molecule has 5 nitrogen and oxygen atoms in total. The molecular weight excluding hydrogens is 430 g/mol. The molecule has 0 aliphatic carbocycles. The molecular formula is C20H19BrClN3O2. The van der Waals surface area contributed by atoms with E-state index in [2.05, 4.69) is 26.3 Å². The van der Waals surface area contributed by atoms with Crippen LogP contribution >= 0.6 is 27.5 Å². The minimum absolute atomic E-state index is 0.137. The van der Waals surface area contributed by atoms with Crippen molar-refractivity contribution in [3.63, 3.8) is 0 Å². The largest absolute Gasteiger partial charge is 0.487 e. The molecule has 0 bridgehead atoms. The van der Waals surface area contributed by atoms with Crippen molar-refractivity contribution in [3.8, 4) is 5.75 Å². The van der Waals surface area contributed by atoms with Crippen LogP contribution in [0.3, 0.4) is 0 Å². The van der Waals surface area contributed by atoms with Gasteiger partial charge in [-0.3, -0.25) is 9.48 Å². The zero-order valence-corrected chi connectivity index (χ0v) is 17.3. The summed E-state index contributed by atoms with van der Waals surface area (Å²) in [5.41, 5.74) is 3.42. The predicted molar refractivity (Wildman–Crippen MR) is 109 cm³/mol. The number of benzene rings is 2. The van der Waals surface area contributed by atoms with E-state index >= 15 is 0 Å². The van der Waals surface area contributed by atoms with Crippen molar-refractivity contribution in [3.05, 3.63) is 80.5 Å². The van der Waals surface area contributed by atoms with Crippen LogP contribution in [0.1, 0.15) is 27.3 Å². The summed E-state index contributed by atoms with van der Waals surface area (Å²) in [5.74, 6) is 0.481. The van der Waals surface area contributed by atoms with E-state index in [0.717, 1.165) is 21.4 Å². The summed E-state index contributed by atoms with van der Waals surface area (Å²) in [6.07, 6.45) is 0. The second kappa shape index (κ2) is 8.59. The molecule has 1 heterocycles. The van der Waals surface area contributed by atoms with E-state index in [1.807, 2.05) is 44.3 Å². The molecule has 1 N–H and O–H groups in total. The second-order valence-corrected chi connectivity index (χ2v) is 7.47. The third kappa shape index (κ3) is 5.11. The normalized spacial score (nSPS) is 10.7. The highest BCUT2D eigenvalue weighted by Crippen LogP contribution is 2.28. The first-order chi connectivity index (χ1) is 12.9. The van der Waals surface area contributed by atoms with Crippen LogP contribution < -0.4 is 10.1 Å². The van der Waals surface area contributed by atoms with E-state index in [4.69, 9.17) is 16.3 Å². The highest BCUT2D eigenvalue weighted by Gasteiger charge is 2.08. The molecule has 140 valence electrons. The Kier molecular flexibility index (Phi) is 6.19. The van der Waals surface area contributed by atoms with Gasteiger partial charge >= 0.3 is 0 Å². The Hall–Kier alpha value is -2.31. The van der Waals surface area contributed by atoms with Gasteiger partial charge < -0.3 is 10.1 Å². The van der Waals surface area contributed by atoms with Crippen molar-refractivity contribution in [2.75, 3.05) is 0 Å². The lowest BCUT2D eigenvalue weighted by atomic mass is 10.1. The van der Waals surface area contributed by atoms with Gasteiger partial charge in [0.25, 0.3) is 5.91 Å². The maximum absolute atomic E-state index is 12.3. The third-order valence-electron chi connectivity index (χ3n) is 4.10. The number of hydrogen-bond donors (Lipinski definition) is 1. The van der Waals surface area contributed by atoms with Crippen LogP contribution in [0.25, 0.3) is 0 Å². The lowest BCUT2D eigenvalue weighted by Gasteiger charge is -2.09. The summed E-state index contributed by atoms with van der Waals surface area (Å²) >= 11 is 9.51. The summed E-state index contributed by atoms with van der Waals surface area (Å²) in [7, 11) is 1.88. The zero-order chi connectivity index (χ0) is 19.4. The highest BCUT2D eigenvalue weighted by molar-refractivity contribution is 9.10. The van der Waals surface area contributed by atoms with Gasteiger partial charge in [0.05, 0.1) is 17.3 Å². The minimum Gasteiger partial charge on any atom is -0.487 e. The van der Waals surface area contributed by atoms with Crippen molar-refractivity contribution in [2.24, 2.45) is 7.05 Å². The fourth-order valence-electron chi connectivity index (χ4n) is 2.50. The van der Waals surface area contributed by atoms with E-state index < -0.39 is 0 Å². The SMILES string of the molecule is Cc1cc(CNC(=O)c2ccc(COc3ccc(Br)cc3Cl)cc2)nn1C. The van der Waals surface area contributed by atoms with Gasteiger partial charge in [0.15, 0.2) is 0 Å². The topological polar surface area (TPSA) is 56.1 Å². The molecule has 0 spiro atoms. The molecule has 0 radical (unpaired) electrons. The molecule has 0 aliphatic heterocycles. The quantitative estimate of drug-likeness (QED) is 0.597. The van der Waals surface area contributed by atoms with Crippen LogP contribution in [0.2, 0.25) is 5.02 Å². The van der Waals surface area contributed by atoms with Crippen molar-refractivity contribution < 1.29 is 9.53 Å². The molecule has 0 saturated heterocycles. The Bertz CT molecular complexity index is 935. The van der Waals surface area contributed by atoms with Crippen LogP contribution in [-0.4, -0.2) is 15.7 Å². The summed E-state index contributed by atoms with van der Waals surface area (Å²) in [6, 6.07) is 14.7. The second-order valence-electron chi connectivity index (χ2n) is 6.14. The maximum Gasteiger partial charge on any atom is 0.251 e. The first-order valence-electron chi connectivity index (χ1n) is 8.37. The molecule has 3 aromatic rings. The van der Waals surface area contributed by atoms with E-state index in [1.165, 1.54) is 0 Å². The molecule has 27 heavy (non-hydrogen) atoms. The lowest BCUT2D eigenvalue weighted by Crippen LogP contribution is -2.23. The number of ether oxygens (including phenoxy) is 1. The number of rotatable bonds is 6. The van der Waals surface area contributed by atoms with Gasteiger partial charge in [0.2, 0.25) is 0 Å². The number of nitrogens with one attached hydrogen (secondary N) is 1. The zero-order valence-electron chi connectivity index (χ0n) is 15.0. The third-order valence-corrected chi connectivity index (χ3v) is 4.89. The summed E-state index contributed by atoms with van der Waals surface area (Å²) in [6.45, 7) is 2.74. The maximum atomic E-state index is 12.3. The smallest absolute Gasteiger partial charge is 0.251 e. The Balaban J connectivity index is 1.55. The van der Waals surface area contributed by atoms with Crippen molar-refractivity contribution in [1.29, 1.82) is 0 Å². The van der Waals surface area contributed by atoms with Gasteiger partial charge in [-0.25, -0.2) is 0 Å². The monoisotopic (exact) mass is 447 g/mol. The van der Waals surface area contributed by atoms with Gasteiger partial charge in [0, 0.05) is 22.8 Å². The molecule has 0 fully saturated rings. The number of aryl methyl sites for hydroxylation is 2. The van der Waals surface area contributed by atoms with Crippen molar-refractivity contribution >= 4 is 33.4 Å². The fraction of sp³-hybridized carbons (Fsp3) is 0.200. The predicted octanol–water partition coefficient (Wildman–Crippen LogP) is 4.65. The van der Waals surface area contributed by atoms with Gasteiger partial charge in [-0.15, -0.1) is 0 Å². The van der Waals surface area contributed by atoms with E-state index in [1.54, 1.807) is 22.9 Å². The molecule has 0 saturated carbocycles. The number of amides is 1.